The number of hydrogen-bond acceptors (Lipinski definition) is 1. The number of nitrogens with one attached hydrogen (secondary N) is 1. The quantitative estimate of drug-likeness (QED) is 0.847. The normalized spacial score (nSPS) is 10.3. The minimum atomic E-state index is -0.146. The molecule has 0 aliphatic rings. The van der Waals surface area contributed by atoms with Gasteiger partial charge in [-0.3, -0.25) is 4.79 Å². The van der Waals surface area contributed by atoms with Crippen LogP contribution >= 0.6 is 39.1 Å². The van der Waals surface area contributed by atoms with Crippen molar-refractivity contribution in [3.8, 4) is 0 Å². The van der Waals surface area contributed by atoms with E-state index < -0.39 is 0 Å². The lowest BCUT2D eigenvalue weighted by atomic mass is 10.2. The van der Waals surface area contributed by atoms with E-state index >= 15 is 0 Å². The summed E-state index contributed by atoms with van der Waals surface area (Å²) in [5, 5.41) is 4.09. The molecule has 1 N–H and O–H groups in total. The number of benzene rings is 2. The van der Waals surface area contributed by atoms with E-state index in [9.17, 15) is 4.79 Å². The molecule has 98 valence electrons. The van der Waals surface area contributed by atoms with Crippen molar-refractivity contribution in [1.29, 1.82) is 0 Å². The van der Waals surface area contributed by atoms with Gasteiger partial charge in [0, 0.05) is 21.6 Å². The molecule has 0 bridgehead atoms. The first kappa shape index (κ1) is 14.4. The Kier molecular flexibility index (Phi) is 4.86. The number of hydrogen-bond donors (Lipinski definition) is 1. The van der Waals surface area contributed by atoms with Crippen LogP contribution in [0.5, 0.6) is 0 Å². The Hall–Kier alpha value is -1.03. The Morgan fingerprint density at radius 2 is 1.79 bits per heavy atom. The molecule has 1 amide bonds. The van der Waals surface area contributed by atoms with Gasteiger partial charge in [0.05, 0.1) is 5.02 Å². The minimum Gasteiger partial charge on any atom is -0.348 e. The second kappa shape index (κ2) is 6.42. The van der Waals surface area contributed by atoms with Crippen LogP contribution in [0.1, 0.15) is 15.9 Å². The molecule has 0 saturated heterocycles. The van der Waals surface area contributed by atoms with Gasteiger partial charge in [0.1, 0.15) is 0 Å². The van der Waals surface area contributed by atoms with Crippen LogP contribution < -0.4 is 5.32 Å². The molecule has 0 unspecified atom stereocenters. The molecule has 0 atom stereocenters. The summed E-state index contributed by atoms with van der Waals surface area (Å²) in [4.78, 5) is 11.9. The van der Waals surface area contributed by atoms with E-state index in [1.807, 2.05) is 12.1 Å². The van der Waals surface area contributed by atoms with Crippen molar-refractivity contribution < 1.29 is 4.79 Å². The number of rotatable bonds is 3. The Balaban J connectivity index is 2.01. The fourth-order valence-electron chi connectivity index (χ4n) is 1.52. The molecule has 2 aromatic rings. The van der Waals surface area contributed by atoms with Gasteiger partial charge in [-0.15, -0.1) is 0 Å². The third-order valence-electron chi connectivity index (χ3n) is 2.55. The van der Waals surface area contributed by atoms with Crippen LogP contribution in [0, 0.1) is 0 Å². The summed E-state index contributed by atoms with van der Waals surface area (Å²) >= 11 is 15.0. The molecule has 0 heterocycles. The molecule has 0 fully saturated rings. The van der Waals surface area contributed by atoms with Gasteiger partial charge in [-0.25, -0.2) is 0 Å². The highest BCUT2D eigenvalue weighted by Crippen LogP contribution is 2.23. The predicted octanol–water partition coefficient (Wildman–Crippen LogP) is 4.69. The van der Waals surface area contributed by atoms with E-state index in [1.54, 1.807) is 30.3 Å². The third kappa shape index (κ3) is 3.96. The standard InChI is InChI=1S/C14H10BrCl2NO/c15-12-7-10(3-6-13(12)17)14(19)18-8-9-1-4-11(16)5-2-9/h1-7H,8H2,(H,18,19). The number of amides is 1. The van der Waals surface area contributed by atoms with E-state index in [1.165, 1.54) is 0 Å². The molecular weight excluding hydrogens is 349 g/mol. The maximum atomic E-state index is 11.9. The van der Waals surface area contributed by atoms with Crippen LogP contribution in [0.4, 0.5) is 0 Å². The van der Waals surface area contributed by atoms with Crippen LogP contribution in [0.2, 0.25) is 10.0 Å². The van der Waals surface area contributed by atoms with Crippen molar-refractivity contribution >= 4 is 45.0 Å². The monoisotopic (exact) mass is 357 g/mol. The molecule has 0 spiro atoms. The molecule has 5 heteroatoms. The summed E-state index contributed by atoms with van der Waals surface area (Å²) in [6.45, 7) is 0.455. The molecule has 2 nitrogen and oxygen atoms in total. The molecule has 2 aromatic carbocycles. The first-order valence-electron chi connectivity index (χ1n) is 5.54. The maximum absolute atomic E-state index is 11.9. The number of carbonyl (C=O) groups excluding carboxylic acids is 1. The van der Waals surface area contributed by atoms with Crippen LogP contribution in [0.15, 0.2) is 46.9 Å². The highest BCUT2D eigenvalue weighted by Gasteiger charge is 2.07. The Morgan fingerprint density at radius 3 is 2.42 bits per heavy atom. The summed E-state index contributed by atoms with van der Waals surface area (Å²) in [5.41, 5.74) is 1.55. The minimum absolute atomic E-state index is 0.146. The average Bonchev–Trinajstić information content (AvgIpc) is 2.41. The second-order valence-corrected chi connectivity index (χ2v) is 5.64. The Labute approximate surface area is 129 Å². The lowest BCUT2D eigenvalue weighted by molar-refractivity contribution is 0.0951. The van der Waals surface area contributed by atoms with Gasteiger partial charge in [0.25, 0.3) is 5.91 Å². The van der Waals surface area contributed by atoms with Crippen molar-refractivity contribution in [3.63, 3.8) is 0 Å². The molecule has 0 saturated carbocycles. The van der Waals surface area contributed by atoms with Crippen molar-refractivity contribution in [2.24, 2.45) is 0 Å². The number of halogens is 3. The van der Waals surface area contributed by atoms with Gasteiger partial charge in [0.15, 0.2) is 0 Å². The van der Waals surface area contributed by atoms with Crippen molar-refractivity contribution in [3.05, 3.63) is 68.1 Å². The zero-order chi connectivity index (χ0) is 13.8. The Bertz CT molecular complexity index is 599. The largest absolute Gasteiger partial charge is 0.348 e. The van der Waals surface area contributed by atoms with E-state index in [2.05, 4.69) is 21.2 Å². The summed E-state index contributed by atoms with van der Waals surface area (Å²) in [6.07, 6.45) is 0. The number of carbonyl (C=O) groups is 1. The first-order chi connectivity index (χ1) is 9.06. The predicted molar refractivity (Wildman–Crippen MR) is 81.8 cm³/mol. The molecule has 0 aliphatic heterocycles. The SMILES string of the molecule is O=C(NCc1ccc(Cl)cc1)c1ccc(Cl)c(Br)c1. The molecule has 19 heavy (non-hydrogen) atoms. The fourth-order valence-corrected chi connectivity index (χ4v) is 2.15. The van der Waals surface area contributed by atoms with Gasteiger partial charge in [-0.1, -0.05) is 35.3 Å². The van der Waals surface area contributed by atoms with E-state index in [-0.39, 0.29) is 5.91 Å². The van der Waals surface area contributed by atoms with Gasteiger partial charge >= 0.3 is 0 Å². The molecule has 0 aliphatic carbocycles. The zero-order valence-corrected chi connectivity index (χ0v) is 12.9. The fraction of sp³-hybridized carbons (Fsp3) is 0.0714. The van der Waals surface area contributed by atoms with Gasteiger partial charge in [-0.05, 0) is 51.8 Å². The average molecular weight is 359 g/mol. The van der Waals surface area contributed by atoms with Crippen LogP contribution in [0.3, 0.4) is 0 Å². The summed E-state index contributed by atoms with van der Waals surface area (Å²) in [5.74, 6) is -0.146. The smallest absolute Gasteiger partial charge is 0.251 e. The third-order valence-corrected chi connectivity index (χ3v) is 4.01. The van der Waals surface area contributed by atoms with Crippen molar-refractivity contribution in [1.82, 2.24) is 5.32 Å². The lowest BCUT2D eigenvalue weighted by Crippen LogP contribution is -2.22. The van der Waals surface area contributed by atoms with Crippen LogP contribution in [0.25, 0.3) is 0 Å². The van der Waals surface area contributed by atoms with Crippen molar-refractivity contribution in [2.45, 2.75) is 6.54 Å². The lowest BCUT2D eigenvalue weighted by Gasteiger charge is -2.06. The maximum Gasteiger partial charge on any atom is 0.251 e. The highest BCUT2D eigenvalue weighted by molar-refractivity contribution is 9.10. The molecule has 0 radical (unpaired) electrons. The van der Waals surface area contributed by atoms with E-state index in [0.717, 1.165) is 5.56 Å². The highest BCUT2D eigenvalue weighted by atomic mass is 79.9. The van der Waals surface area contributed by atoms with E-state index in [4.69, 9.17) is 23.2 Å². The van der Waals surface area contributed by atoms with E-state index in [0.29, 0.717) is 26.6 Å². The zero-order valence-electron chi connectivity index (χ0n) is 9.79. The second-order valence-electron chi connectivity index (χ2n) is 3.94. The van der Waals surface area contributed by atoms with Crippen LogP contribution in [-0.4, -0.2) is 5.91 Å². The van der Waals surface area contributed by atoms with Gasteiger partial charge in [0.2, 0.25) is 0 Å². The summed E-state index contributed by atoms with van der Waals surface area (Å²) < 4.78 is 0.702. The summed E-state index contributed by atoms with van der Waals surface area (Å²) in [6, 6.07) is 12.4. The topological polar surface area (TPSA) is 29.1 Å². The first-order valence-corrected chi connectivity index (χ1v) is 7.09. The van der Waals surface area contributed by atoms with Crippen molar-refractivity contribution in [2.75, 3.05) is 0 Å². The Morgan fingerprint density at radius 1 is 1.11 bits per heavy atom. The molecular formula is C14H10BrCl2NO. The molecule has 2 rings (SSSR count). The van der Waals surface area contributed by atoms with Crippen LogP contribution in [-0.2, 0) is 6.54 Å². The molecule has 0 aromatic heterocycles. The van der Waals surface area contributed by atoms with Gasteiger partial charge < -0.3 is 5.32 Å². The van der Waals surface area contributed by atoms with Gasteiger partial charge in [-0.2, -0.15) is 0 Å². The summed E-state index contributed by atoms with van der Waals surface area (Å²) in [7, 11) is 0.